The van der Waals surface area contributed by atoms with Gasteiger partial charge < -0.3 is 4.74 Å². The molecule has 1 heterocycles. The number of hydrogen-bond donors (Lipinski definition) is 0. The topological polar surface area (TPSA) is 22.1 Å². The fourth-order valence-electron chi connectivity index (χ4n) is 0.932. The molecule has 1 rings (SSSR count). The molecule has 0 amide bonds. The van der Waals surface area contributed by atoms with Crippen LogP contribution in [0.4, 0.5) is 0 Å². The van der Waals surface area contributed by atoms with Crippen LogP contribution < -0.4 is 0 Å². The first-order valence-corrected chi connectivity index (χ1v) is 4.34. The van der Waals surface area contributed by atoms with E-state index in [9.17, 15) is 0 Å². The van der Waals surface area contributed by atoms with Crippen LogP contribution in [0, 0.1) is 0 Å². The van der Waals surface area contributed by atoms with Crippen LogP contribution in [0.3, 0.4) is 0 Å². The lowest BCUT2D eigenvalue weighted by Gasteiger charge is -2.04. The number of hydrogen-bond acceptors (Lipinski definition) is 2. The highest BCUT2D eigenvalue weighted by atomic mass is 16.5. The summed E-state index contributed by atoms with van der Waals surface area (Å²) in [5.41, 5.74) is 0.893. The molecular weight excluding hydrogens is 174 g/mol. The van der Waals surface area contributed by atoms with E-state index in [0.717, 1.165) is 5.69 Å². The van der Waals surface area contributed by atoms with Crippen LogP contribution in [0.15, 0.2) is 61.5 Å². The third kappa shape index (κ3) is 3.27. The van der Waals surface area contributed by atoms with Gasteiger partial charge in [0.2, 0.25) is 0 Å². The van der Waals surface area contributed by atoms with Gasteiger partial charge in [-0.2, -0.15) is 0 Å². The molecule has 2 nitrogen and oxygen atoms in total. The minimum absolute atomic E-state index is 0.451. The number of aromatic nitrogens is 1. The maximum absolute atomic E-state index is 5.43. The van der Waals surface area contributed by atoms with Crippen molar-refractivity contribution in [2.75, 3.05) is 0 Å². The summed E-state index contributed by atoms with van der Waals surface area (Å²) < 4.78 is 5.43. The Labute approximate surface area is 84.3 Å². The van der Waals surface area contributed by atoms with E-state index < -0.39 is 0 Å². The monoisotopic (exact) mass is 187 g/mol. The van der Waals surface area contributed by atoms with Gasteiger partial charge in [0, 0.05) is 6.20 Å². The summed E-state index contributed by atoms with van der Waals surface area (Å²) in [5, 5.41) is 0. The second-order valence-electron chi connectivity index (χ2n) is 2.62. The van der Waals surface area contributed by atoms with Gasteiger partial charge in [-0.3, -0.25) is 4.98 Å². The van der Waals surface area contributed by atoms with Crippen molar-refractivity contribution in [1.29, 1.82) is 0 Å². The van der Waals surface area contributed by atoms with Crippen molar-refractivity contribution in [3.8, 4) is 0 Å². The van der Waals surface area contributed by atoms with Crippen molar-refractivity contribution >= 4 is 0 Å². The molecule has 0 aliphatic carbocycles. The predicted molar refractivity (Wildman–Crippen MR) is 57.5 cm³/mol. The summed E-state index contributed by atoms with van der Waals surface area (Å²) in [6.07, 6.45) is 6.81. The Hall–Kier alpha value is -1.83. The van der Waals surface area contributed by atoms with Crippen molar-refractivity contribution in [2.45, 2.75) is 6.61 Å². The zero-order chi connectivity index (χ0) is 10.2. The minimum Gasteiger partial charge on any atom is -0.487 e. The zero-order valence-corrected chi connectivity index (χ0v) is 8.02. The van der Waals surface area contributed by atoms with Crippen LogP contribution in [0.2, 0.25) is 0 Å². The van der Waals surface area contributed by atoms with Crippen LogP contribution in [-0.4, -0.2) is 4.98 Å². The van der Waals surface area contributed by atoms with Crippen LogP contribution >= 0.6 is 0 Å². The molecule has 0 atom stereocenters. The number of rotatable bonds is 5. The average Bonchev–Trinajstić information content (AvgIpc) is 2.25. The molecule has 0 saturated carbocycles. The smallest absolute Gasteiger partial charge is 0.130 e. The minimum atomic E-state index is 0.451. The Bertz CT molecular complexity index is 327. The van der Waals surface area contributed by atoms with E-state index in [0.29, 0.717) is 12.4 Å². The maximum atomic E-state index is 5.43. The maximum Gasteiger partial charge on any atom is 0.130 e. The van der Waals surface area contributed by atoms with Gasteiger partial charge >= 0.3 is 0 Å². The molecule has 72 valence electrons. The molecule has 0 aliphatic rings. The SMILES string of the molecule is C=C/C=C(\C=C)OCc1ccccn1. The summed E-state index contributed by atoms with van der Waals surface area (Å²) >= 11 is 0. The van der Waals surface area contributed by atoms with Gasteiger partial charge in [-0.05, 0) is 24.3 Å². The molecule has 0 radical (unpaired) electrons. The van der Waals surface area contributed by atoms with E-state index in [-0.39, 0.29) is 0 Å². The fraction of sp³-hybridized carbons (Fsp3) is 0.0833. The van der Waals surface area contributed by atoms with E-state index in [1.165, 1.54) is 0 Å². The zero-order valence-electron chi connectivity index (χ0n) is 8.02. The quantitative estimate of drug-likeness (QED) is 0.522. The van der Waals surface area contributed by atoms with Crippen molar-refractivity contribution in [2.24, 2.45) is 0 Å². The molecule has 14 heavy (non-hydrogen) atoms. The van der Waals surface area contributed by atoms with Crippen molar-refractivity contribution < 1.29 is 4.74 Å². The van der Waals surface area contributed by atoms with Crippen LogP contribution in [0.5, 0.6) is 0 Å². The van der Waals surface area contributed by atoms with E-state index in [1.54, 1.807) is 24.4 Å². The Morgan fingerprint density at radius 2 is 2.29 bits per heavy atom. The Morgan fingerprint density at radius 3 is 2.86 bits per heavy atom. The number of ether oxygens (including phenoxy) is 1. The first-order valence-electron chi connectivity index (χ1n) is 4.34. The van der Waals surface area contributed by atoms with Crippen molar-refractivity contribution in [1.82, 2.24) is 4.98 Å². The van der Waals surface area contributed by atoms with Crippen LogP contribution in [-0.2, 0) is 11.3 Å². The number of nitrogens with zero attached hydrogens (tertiary/aromatic N) is 1. The lowest BCUT2D eigenvalue weighted by molar-refractivity contribution is 0.207. The molecular formula is C12H13NO. The molecule has 2 heteroatoms. The summed E-state index contributed by atoms with van der Waals surface area (Å²) in [7, 11) is 0. The molecule has 0 aliphatic heterocycles. The molecule has 0 bridgehead atoms. The molecule has 0 aromatic carbocycles. The van der Waals surface area contributed by atoms with Gasteiger partial charge in [-0.25, -0.2) is 0 Å². The van der Waals surface area contributed by atoms with Crippen molar-refractivity contribution in [3.63, 3.8) is 0 Å². The average molecular weight is 187 g/mol. The Kier molecular flexibility index (Phi) is 4.21. The lowest BCUT2D eigenvalue weighted by Crippen LogP contribution is -1.93. The summed E-state index contributed by atoms with van der Waals surface area (Å²) in [5.74, 6) is 0.700. The third-order valence-corrected chi connectivity index (χ3v) is 1.60. The van der Waals surface area contributed by atoms with Crippen LogP contribution in [0.1, 0.15) is 5.69 Å². The highest BCUT2D eigenvalue weighted by Gasteiger charge is 1.94. The fourth-order valence-corrected chi connectivity index (χ4v) is 0.932. The lowest BCUT2D eigenvalue weighted by atomic mass is 10.3. The highest BCUT2D eigenvalue weighted by Crippen LogP contribution is 2.04. The standard InChI is InChI=1S/C12H13NO/c1-3-7-12(4-2)14-10-11-8-5-6-9-13-11/h3-9H,1-2,10H2/b12-7+. The number of pyridine rings is 1. The molecule has 0 fully saturated rings. The van der Waals surface area contributed by atoms with E-state index in [4.69, 9.17) is 4.74 Å². The Balaban J connectivity index is 2.52. The normalized spacial score (nSPS) is 10.7. The Morgan fingerprint density at radius 1 is 1.43 bits per heavy atom. The van der Waals surface area contributed by atoms with Crippen molar-refractivity contribution in [3.05, 3.63) is 67.2 Å². The van der Waals surface area contributed by atoms with Gasteiger partial charge in [-0.1, -0.05) is 25.3 Å². The largest absolute Gasteiger partial charge is 0.487 e. The first kappa shape index (κ1) is 10.3. The second kappa shape index (κ2) is 5.75. The highest BCUT2D eigenvalue weighted by molar-refractivity contribution is 5.15. The summed E-state index contributed by atoms with van der Waals surface area (Å²) in [6, 6.07) is 5.71. The van der Waals surface area contributed by atoms with Gasteiger partial charge in [0.15, 0.2) is 0 Å². The second-order valence-corrected chi connectivity index (χ2v) is 2.62. The van der Waals surface area contributed by atoms with E-state index in [2.05, 4.69) is 18.1 Å². The predicted octanol–water partition coefficient (Wildman–Crippen LogP) is 2.85. The number of allylic oxidation sites excluding steroid dienone is 3. The van der Waals surface area contributed by atoms with Gasteiger partial charge in [0.25, 0.3) is 0 Å². The molecule has 0 N–H and O–H groups in total. The molecule has 0 saturated heterocycles. The molecule has 0 unspecified atom stereocenters. The third-order valence-electron chi connectivity index (χ3n) is 1.60. The molecule has 0 spiro atoms. The first-order chi connectivity index (χ1) is 6.86. The van der Waals surface area contributed by atoms with Gasteiger partial charge in [0.05, 0.1) is 5.69 Å². The van der Waals surface area contributed by atoms with E-state index >= 15 is 0 Å². The summed E-state index contributed by atoms with van der Waals surface area (Å²) in [4.78, 5) is 4.13. The molecule has 1 aromatic heterocycles. The van der Waals surface area contributed by atoms with Gasteiger partial charge in [-0.15, -0.1) is 0 Å². The van der Waals surface area contributed by atoms with E-state index in [1.807, 2.05) is 18.2 Å². The van der Waals surface area contributed by atoms with Crippen LogP contribution in [0.25, 0.3) is 0 Å². The molecule has 1 aromatic rings. The van der Waals surface area contributed by atoms with Gasteiger partial charge in [0.1, 0.15) is 12.4 Å². The summed E-state index contributed by atoms with van der Waals surface area (Å²) in [6.45, 7) is 7.67.